The number of thiazole rings is 1. The molecule has 0 aliphatic carbocycles. The number of amides is 1. The van der Waals surface area contributed by atoms with Gasteiger partial charge in [0, 0.05) is 11.1 Å². The maximum Gasteiger partial charge on any atom is 0.311 e. The van der Waals surface area contributed by atoms with Gasteiger partial charge in [-0.1, -0.05) is 12.1 Å². The molecule has 0 spiro atoms. The molecule has 2 rings (SSSR count). The average molecular weight is 375 g/mol. The van der Waals surface area contributed by atoms with Crippen LogP contribution >= 0.6 is 23.1 Å². The lowest BCUT2D eigenvalue weighted by Crippen LogP contribution is -2.14. The van der Waals surface area contributed by atoms with Gasteiger partial charge in [0.05, 0.1) is 36.1 Å². The van der Waals surface area contributed by atoms with Crippen LogP contribution < -0.4 is 5.32 Å². The molecule has 0 saturated carbocycles. The van der Waals surface area contributed by atoms with Crippen molar-refractivity contribution in [3.05, 3.63) is 46.5 Å². The van der Waals surface area contributed by atoms with Gasteiger partial charge >= 0.3 is 5.97 Å². The lowest BCUT2D eigenvalue weighted by atomic mass is 10.2. The predicted molar refractivity (Wildman–Crippen MR) is 98.4 cm³/mol. The molecule has 130 valence electrons. The Bertz CT molecular complexity index is 783. The zero-order chi connectivity index (χ0) is 18.1. The van der Waals surface area contributed by atoms with Crippen molar-refractivity contribution < 1.29 is 14.3 Å². The topological polar surface area (TPSA) is 92.1 Å². The molecule has 1 amide bonds. The molecule has 25 heavy (non-hydrogen) atoms. The summed E-state index contributed by atoms with van der Waals surface area (Å²) in [6.07, 6.45) is 0.101. The van der Waals surface area contributed by atoms with E-state index in [9.17, 15) is 9.59 Å². The van der Waals surface area contributed by atoms with Crippen LogP contribution in [0.25, 0.3) is 0 Å². The number of hydrogen-bond donors (Lipinski definition) is 1. The third-order valence-corrected chi connectivity index (χ3v) is 4.80. The molecule has 2 aromatic rings. The molecule has 0 bridgehead atoms. The van der Waals surface area contributed by atoms with Gasteiger partial charge in [-0.15, -0.1) is 23.1 Å². The average Bonchev–Trinajstić information content (AvgIpc) is 3.02. The molecule has 0 aliphatic rings. The first-order chi connectivity index (χ1) is 12.1. The number of hydrogen-bond acceptors (Lipinski definition) is 7. The van der Waals surface area contributed by atoms with E-state index in [0.717, 1.165) is 5.56 Å². The molecule has 6 nitrogen and oxygen atoms in total. The second-order valence-electron chi connectivity index (χ2n) is 4.98. The highest BCUT2D eigenvalue weighted by molar-refractivity contribution is 7.99. The zero-order valence-electron chi connectivity index (χ0n) is 13.7. The van der Waals surface area contributed by atoms with Gasteiger partial charge in [0.1, 0.15) is 0 Å². The summed E-state index contributed by atoms with van der Waals surface area (Å²) in [6.45, 7) is 2.08. The van der Waals surface area contributed by atoms with Crippen LogP contribution in [0.15, 0.2) is 29.6 Å². The molecule has 8 heteroatoms. The van der Waals surface area contributed by atoms with Gasteiger partial charge in [-0.05, 0) is 24.6 Å². The van der Waals surface area contributed by atoms with Gasteiger partial charge in [-0.2, -0.15) is 5.26 Å². The Hall–Kier alpha value is -2.37. The largest absolute Gasteiger partial charge is 0.466 e. The number of anilines is 1. The van der Waals surface area contributed by atoms with Crippen molar-refractivity contribution in [3.63, 3.8) is 0 Å². The van der Waals surface area contributed by atoms with Gasteiger partial charge in [0.15, 0.2) is 5.13 Å². The number of benzene rings is 1. The first-order valence-corrected chi connectivity index (χ1v) is 9.60. The van der Waals surface area contributed by atoms with E-state index >= 15 is 0 Å². The lowest BCUT2D eigenvalue weighted by Gasteiger charge is -2.03. The van der Waals surface area contributed by atoms with Crippen LogP contribution in [0, 0.1) is 11.3 Å². The monoisotopic (exact) mass is 375 g/mol. The zero-order valence-corrected chi connectivity index (χ0v) is 15.3. The molecule has 1 aromatic heterocycles. The summed E-state index contributed by atoms with van der Waals surface area (Å²) in [7, 11) is 0. The summed E-state index contributed by atoms with van der Waals surface area (Å²) in [5, 5.41) is 13.8. The standard InChI is InChI=1S/C17H17N3O3S2/c1-2-23-16(22)7-14-10-25-17(19-14)20-15(21)11-24-9-13-5-3-4-12(6-13)8-18/h3-6,10H,2,7,9,11H2,1H3,(H,19,20,21). The molecule has 0 fully saturated rings. The maximum atomic E-state index is 12.0. The highest BCUT2D eigenvalue weighted by atomic mass is 32.2. The Labute approximate surface area is 154 Å². The van der Waals surface area contributed by atoms with Gasteiger partial charge in [0.25, 0.3) is 0 Å². The smallest absolute Gasteiger partial charge is 0.311 e. The van der Waals surface area contributed by atoms with Crippen LogP contribution in [0.5, 0.6) is 0 Å². The molecule has 1 N–H and O–H groups in total. The van der Waals surface area contributed by atoms with E-state index in [2.05, 4.69) is 16.4 Å². The molecular formula is C17H17N3O3S2. The number of ether oxygens (including phenoxy) is 1. The second kappa shape index (κ2) is 9.81. The van der Waals surface area contributed by atoms with E-state index in [0.29, 0.717) is 28.7 Å². The Morgan fingerprint density at radius 2 is 2.28 bits per heavy atom. The number of rotatable bonds is 8. The maximum absolute atomic E-state index is 12.0. The fraction of sp³-hybridized carbons (Fsp3) is 0.294. The first kappa shape index (κ1) is 19.0. The number of nitrogens with zero attached hydrogens (tertiary/aromatic N) is 2. The van der Waals surface area contributed by atoms with E-state index in [-0.39, 0.29) is 24.1 Å². The predicted octanol–water partition coefficient (Wildman–Crippen LogP) is 2.99. The molecule has 0 saturated heterocycles. The van der Waals surface area contributed by atoms with Crippen LogP contribution in [0.4, 0.5) is 5.13 Å². The Balaban J connectivity index is 1.76. The Morgan fingerprint density at radius 3 is 3.04 bits per heavy atom. The van der Waals surface area contributed by atoms with Crippen LogP contribution in [0.2, 0.25) is 0 Å². The summed E-state index contributed by atoms with van der Waals surface area (Å²) in [5.41, 5.74) is 2.20. The fourth-order valence-corrected chi connectivity index (χ4v) is 3.45. The van der Waals surface area contributed by atoms with Crippen molar-refractivity contribution in [2.75, 3.05) is 17.7 Å². The number of nitriles is 1. The number of esters is 1. The molecular weight excluding hydrogens is 358 g/mol. The van der Waals surface area contributed by atoms with E-state index in [1.54, 1.807) is 18.4 Å². The molecule has 1 aromatic carbocycles. The SMILES string of the molecule is CCOC(=O)Cc1csc(NC(=O)CSCc2cccc(C#N)c2)n1. The molecule has 1 heterocycles. The third-order valence-electron chi connectivity index (χ3n) is 2.99. The second-order valence-corrected chi connectivity index (χ2v) is 6.82. The summed E-state index contributed by atoms with van der Waals surface area (Å²) >= 11 is 2.73. The Kier molecular flexibility index (Phi) is 7.44. The minimum Gasteiger partial charge on any atom is -0.466 e. The van der Waals surface area contributed by atoms with E-state index in [4.69, 9.17) is 10.00 Å². The number of nitrogens with one attached hydrogen (secondary N) is 1. The number of thioether (sulfide) groups is 1. The molecule has 0 radical (unpaired) electrons. The van der Waals surface area contributed by atoms with Crippen molar-refractivity contribution in [3.8, 4) is 6.07 Å². The highest BCUT2D eigenvalue weighted by Gasteiger charge is 2.10. The third kappa shape index (κ3) is 6.57. The highest BCUT2D eigenvalue weighted by Crippen LogP contribution is 2.18. The molecule has 0 atom stereocenters. The van der Waals surface area contributed by atoms with Gasteiger partial charge in [-0.3, -0.25) is 9.59 Å². The first-order valence-electron chi connectivity index (χ1n) is 7.57. The number of carbonyl (C=O) groups excluding carboxylic acids is 2. The van der Waals surface area contributed by atoms with Crippen LogP contribution in [0.3, 0.4) is 0 Å². The van der Waals surface area contributed by atoms with Crippen LogP contribution in [-0.2, 0) is 26.5 Å². The summed E-state index contributed by atoms with van der Waals surface area (Å²) in [5.74, 6) is 0.442. The summed E-state index contributed by atoms with van der Waals surface area (Å²) in [6, 6.07) is 9.41. The van der Waals surface area contributed by atoms with Gasteiger partial charge < -0.3 is 10.1 Å². The number of aromatic nitrogens is 1. The molecule has 0 unspecified atom stereocenters. The minimum atomic E-state index is -0.333. The minimum absolute atomic E-state index is 0.101. The van der Waals surface area contributed by atoms with E-state index < -0.39 is 0 Å². The number of carbonyl (C=O) groups is 2. The van der Waals surface area contributed by atoms with Crippen molar-refractivity contribution in [1.29, 1.82) is 5.26 Å². The van der Waals surface area contributed by atoms with Crippen molar-refractivity contribution in [2.24, 2.45) is 0 Å². The van der Waals surface area contributed by atoms with Crippen LogP contribution in [0.1, 0.15) is 23.7 Å². The van der Waals surface area contributed by atoms with E-state index in [1.165, 1.54) is 23.1 Å². The van der Waals surface area contributed by atoms with Crippen LogP contribution in [-0.4, -0.2) is 29.2 Å². The van der Waals surface area contributed by atoms with E-state index in [1.807, 2.05) is 18.2 Å². The molecule has 0 aliphatic heterocycles. The van der Waals surface area contributed by atoms with Crippen molar-refractivity contribution >= 4 is 40.1 Å². The Morgan fingerprint density at radius 1 is 1.44 bits per heavy atom. The van der Waals surface area contributed by atoms with Crippen molar-refractivity contribution in [1.82, 2.24) is 4.98 Å². The summed E-state index contributed by atoms with van der Waals surface area (Å²) < 4.78 is 4.86. The van der Waals surface area contributed by atoms with Crippen molar-refractivity contribution in [2.45, 2.75) is 19.1 Å². The quantitative estimate of drug-likeness (QED) is 0.713. The normalized spacial score (nSPS) is 10.1. The van der Waals surface area contributed by atoms with Gasteiger partial charge in [0.2, 0.25) is 5.91 Å². The summed E-state index contributed by atoms with van der Waals surface area (Å²) in [4.78, 5) is 27.5. The van der Waals surface area contributed by atoms with Gasteiger partial charge in [-0.25, -0.2) is 4.98 Å². The fourth-order valence-electron chi connectivity index (χ4n) is 1.95. The lowest BCUT2D eigenvalue weighted by molar-refractivity contribution is -0.142.